The average Bonchev–Trinajstić information content (AvgIpc) is 2.12. The lowest BCUT2D eigenvalue weighted by Gasteiger charge is -2.24. The Kier molecular flexibility index (Phi) is 5.47. The van der Waals surface area contributed by atoms with Crippen molar-refractivity contribution in [2.75, 3.05) is 26.8 Å². The predicted octanol–water partition coefficient (Wildman–Crippen LogP) is 2.26. The average molecular weight is 184 g/mol. The smallest absolute Gasteiger partial charge is 0.0518 e. The monoisotopic (exact) mass is 184 g/mol. The molecule has 0 amide bonds. The van der Waals surface area contributed by atoms with E-state index >= 15 is 0 Å². The molecule has 0 unspecified atom stereocenters. The van der Waals surface area contributed by atoms with Crippen LogP contribution in [0, 0.1) is 5.41 Å². The van der Waals surface area contributed by atoms with Crippen LogP contribution in [0.5, 0.6) is 0 Å². The van der Waals surface area contributed by atoms with E-state index in [1.807, 2.05) is 6.92 Å². The van der Waals surface area contributed by atoms with Gasteiger partial charge in [0.05, 0.1) is 6.61 Å². The van der Waals surface area contributed by atoms with E-state index in [0.29, 0.717) is 6.61 Å². The minimum atomic E-state index is -0.410. The van der Waals surface area contributed by atoms with Crippen molar-refractivity contribution in [3.8, 4) is 0 Å². The van der Waals surface area contributed by atoms with Gasteiger partial charge in [-0.2, -0.15) is 0 Å². The van der Waals surface area contributed by atoms with E-state index in [4.69, 9.17) is 15.8 Å². The maximum Gasteiger partial charge on any atom is 0.0518 e. The summed E-state index contributed by atoms with van der Waals surface area (Å²) in [5.41, 5.74) is 15.9. The minimum Gasteiger partial charge on any atom is -0.384 e. The lowest BCUT2D eigenvalue weighted by atomic mass is 9.92. The highest BCUT2D eigenvalue weighted by molar-refractivity contribution is 4.79. The van der Waals surface area contributed by atoms with Gasteiger partial charge in [-0.3, -0.25) is 0 Å². The summed E-state index contributed by atoms with van der Waals surface area (Å²) < 4.78 is 4.93. The van der Waals surface area contributed by atoms with Gasteiger partial charge in [0.25, 0.3) is 0 Å². The molecule has 0 heterocycles. The zero-order valence-corrected chi connectivity index (χ0v) is 7.71. The Bertz CT molecular complexity index is 220. The molecular weight excluding hydrogens is 172 g/mol. The summed E-state index contributed by atoms with van der Waals surface area (Å²) >= 11 is 0. The second kappa shape index (κ2) is 6.14. The molecule has 0 radical (unpaired) electrons. The van der Waals surface area contributed by atoms with Crippen LogP contribution in [0.4, 0.5) is 0 Å². The highest BCUT2D eigenvalue weighted by Gasteiger charge is 2.22. The Morgan fingerprint density at radius 2 is 1.69 bits per heavy atom. The van der Waals surface area contributed by atoms with Crippen LogP contribution < -0.4 is 0 Å². The topological polar surface area (TPSA) is 107 Å². The van der Waals surface area contributed by atoms with Gasteiger partial charge < -0.3 is 4.74 Å². The third-order valence-electron chi connectivity index (χ3n) is 1.52. The van der Waals surface area contributed by atoms with Crippen molar-refractivity contribution in [3.05, 3.63) is 20.9 Å². The normalized spacial score (nSPS) is 13.7. The highest BCUT2D eigenvalue weighted by Crippen LogP contribution is 2.17. The van der Waals surface area contributed by atoms with Crippen LogP contribution >= 0.6 is 0 Å². The zero-order valence-electron chi connectivity index (χ0n) is 7.71. The van der Waals surface area contributed by atoms with Gasteiger partial charge in [-0.25, -0.2) is 0 Å². The Hall–Kier alpha value is -1.42. The molecule has 0 aromatic heterocycles. The van der Waals surface area contributed by atoms with Crippen LogP contribution in [0.3, 0.4) is 0 Å². The number of hydrogen-bond acceptors (Lipinski definition) is 3. The summed E-state index contributed by atoms with van der Waals surface area (Å²) in [6.45, 7) is 2.75. The Balaban J connectivity index is 4.30. The largest absolute Gasteiger partial charge is 0.384 e. The number of hydrogen-bond donors (Lipinski definition) is 0. The van der Waals surface area contributed by atoms with Crippen LogP contribution in [0.1, 0.15) is 6.92 Å². The SMILES string of the molecule is COCC(C)(CN=[N+]=[N-])CN=[N+]=[N-]. The lowest BCUT2D eigenvalue weighted by molar-refractivity contribution is 0.103. The van der Waals surface area contributed by atoms with Crippen molar-refractivity contribution in [1.29, 1.82) is 0 Å². The van der Waals surface area contributed by atoms with Crippen LogP contribution in [-0.2, 0) is 4.74 Å². The maximum absolute atomic E-state index is 8.14. The van der Waals surface area contributed by atoms with Gasteiger partial charge in [0.1, 0.15) is 0 Å². The maximum atomic E-state index is 8.14. The molecule has 0 N–H and O–H groups in total. The van der Waals surface area contributed by atoms with Gasteiger partial charge in [-0.15, -0.1) is 0 Å². The minimum absolute atomic E-state index is 0.260. The molecule has 0 aromatic carbocycles. The second-order valence-corrected chi connectivity index (χ2v) is 3.02. The molecule has 0 aliphatic heterocycles. The fourth-order valence-electron chi connectivity index (χ4n) is 0.894. The van der Waals surface area contributed by atoms with Crippen molar-refractivity contribution in [3.63, 3.8) is 0 Å². The first-order valence-electron chi connectivity index (χ1n) is 3.69. The molecule has 0 bridgehead atoms. The van der Waals surface area contributed by atoms with Crippen LogP contribution in [-0.4, -0.2) is 26.8 Å². The highest BCUT2D eigenvalue weighted by atomic mass is 16.5. The molecule has 7 heteroatoms. The van der Waals surface area contributed by atoms with Crippen LogP contribution in [0.2, 0.25) is 0 Å². The van der Waals surface area contributed by atoms with Gasteiger partial charge in [0.15, 0.2) is 0 Å². The predicted molar refractivity (Wildman–Crippen MR) is 48.0 cm³/mol. The Labute approximate surface area is 75.9 Å². The Morgan fingerprint density at radius 1 is 1.23 bits per heavy atom. The molecule has 0 fully saturated rings. The lowest BCUT2D eigenvalue weighted by Crippen LogP contribution is -2.29. The van der Waals surface area contributed by atoms with E-state index in [1.54, 1.807) is 7.11 Å². The van der Waals surface area contributed by atoms with E-state index in [-0.39, 0.29) is 13.1 Å². The van der Waals surface area contributed by atoms with E-state index < -0.39 is 5.41 Å². The number of azide groups is 2. The fourth-order valence-corrected chi connectivity index (χ4v) is 0.894. The quantitative estimate of drug-likeness (QED) is 0.352. The molecule has 13 heavy (non-hydrogen) atoms. The number of methoxy groups -OCH3 is 1. The summed E-state index contributed by atoms with van der Waals surface area (Å²) in [5, 5.41) is 6.87. The fraction of sp³-hybridized carbons (Fsp3) is 1.00. The van der Waals surface area contributed by atoms with E-state index in [2.05, 4.69) is 20.1 Å². The van der Waals surface area contributed by atoms with Crippen LogP contribution in [0.25, 0.3) is 20.9 Å². The van der Waals surface area contributed by atoms with Crippen molar-refractivity contribution < 1.29 is 4.74 Å². The van der Waals surface area contributed by atoms with Gasteiger partial charge in [-0.05, 0) is 11.1 Å². The molecule has 0 spiro atoms. The standard InChI is InChI=1S/C6H12N6O/c1-6(5-13-2,3-9-11-7)4-10-12-8/h3-5H2,1-2H3. The molecule has 0 atom stereocenters. The van der Waals surface area contributed by atoms with Gasteiger partial charge in [0, 0.05) is 35.4 Å². The van der Waals surface area contributed by atoms with Gasteiger partial charge in [-0.1, -0.05) is 17.2 Å². The van der Waals surface area contributed by atoms with E-state index in [9.17, 15) is 0 Å². The summed E-state index contributed by atoms with van der Waals surface area (Å²) in [7, 11) is 1.55. The second-order valence-electron chi connectivity index (χ2n) is 3.02. The molecule has 0 saturated heterocycles. The van der Waals surface area contributed by atoms with E-state index in [0.717, 1.165) is 0 Å². The molecule has 72 valence electrons. The van der Waals surface area contributed by atoms with Crippen molar-refractivity contribution in [2.24, 2.45) is 15.6 Å². The van der Waals surface area contributed by atoms with Gasteiger partial charge >= 0.3 is 0 Å². The number of ether oxygens (including phenoxy) is 1. The molecule has 0 saturated carbocycles. The first-order chi connectivity index (χ1) is 6.18. The third kappa shape index (κ3) is 4.92. The molecular formula is C6H12N6O. The van der Waals surface area contributed by atoms with Crippen molar-refractivity contribution in [2.45, 2.75) is 6.92 Å². The zero-order chi connectivity index (χ0) is 10.2. The summed E-state index contributed by atoms with van der Waals surface area (Å²) in [6, 6.07) is 0. The van der Waals surface area contributed by atoms with Crippen molar-refractivity contribution >= 4 is 0 Å². The molecule has 0 aliphatic carbocycles. The molecule has 0 rings (SSSR count). The molecule has 7 nitrogen and oxygen atoms in total. The first kappa shape index (κ1) is 11.6. The van der Waals surface area contributed by atoms with E-state index in [1.165, 1.54) is 0 Å². The Morgan fingerprint density at radius 3 is 2.00 bits per heavy atom. The molecule has 0 aliphatic rings. The summed E-state index contributed by atoms with van der Waals surface area (Å²) in [4.78, 5) is 5.29. The van der Waals surface area contributed by atoms with Crippen molar-refractivity contribution in [1.82, 2.24) is 0 Å². The van der Waals surface area contributed by atoms with Crippen LogP contribution in [0.15, 0.2) is 10.2 Å². The number of nitrogens with zero attached hydrogens (tertiary/aromatic N) is 6. The summed E-state index contributed by atoms with van der Waals surface area (Å²) in [6.07, 6.45) is 0. The summed E-state index contributed by atoms with van der Waals surface area (Å²) in [5.74, 6) is 0. The first-order valence-corrected chi connectivity index (χ1v) is 3.69. The van der Waals surface area contributed by atoms with Gasteiger partial charge in [0.2, 0.25) is 0 Å². The third-order valence-corrected chi connectivity index (χ3v) is 1.52. The molecule has 0 aromatic rings. The number of rotatable bonds is 6.